The lowest BCUT2D eigenvalue weighted by atomic mass is 9.75. The smallest absolute Gasteiger partial charge is 0.225 e. The molecule has 0 aliphatic rings. The van der Waals surface area contributed by atoms with Crippen LogP contribution in [0.4, 0.5) is 0 Å². The van der Waals surface area contributed by atoms with Crippen LogP contribution in [-0.4, -0.2) is 24.2 Å². The molecule has 3 heteroatoms. The Morgan fingerprint density at radius 3 is 2.12 bits per heavy atom. The van der Waals surface area contributed by atoms with Gasteiger partial charge in [0.25, 0.3) is 0 Å². The molecule has 2 N–H and O–H groups in total. The number of hydrogen-bond acceptors (Lipinski definition) is 2. The molecule has 0 rings (SSSR count). The Balaban J connectivity index is 4.36. The van der Waals surface area contributed by atoms with Gasteiger partial charge in [-0.2, -0.15) is 0 Å². The number of amides is 1. The topological polar surface area (TPSA) is 49.3 Å². The fraction of sp³-hybridized carbons (Fsp3) is 0.923. The van der Waals surface area contributed by atoms with E-state index in [9.17, 15) is 9.90 Å². The number of rotatable bonds is 6. The summed E-state index contributed by atoms with van der Waals surface area (Å²) in [5, 5.41) is 12.2. The molecule has 0 saturated heterocycles. The van der Waals surface area contributed by atoms with E-state index in [1.165, 1.54) is 0 Å². The molecule has 0 atom stereocenters. The van der Waals surface area contributed by atoms with Crippen LogP contribution >= 0.6 is 0 Å². The molecule has 0 bridgehead atoms. The van der Waals surface area contributed by atoms with Crippen LogP contribution in [0, 0.1) is 16.7 Å². The van der Waals surface area contributed by atoms with Crippen molar-refractivity contribution in [3.63, 3.8) is 0 Å². The van der Waals surface area contributed by atoms with Crippen molar-refractivity contribution in [3.05, 3.63) is 0 Å². The molecule has 16 heavy (non-hydrogen) atoms. The first kappa shape index (κ1) is 15.4. The Hall–Kier alpha value is -0.570. The highest BCUT2D eigenvalue weighted by atomic mass is 16.3. The van der Waals surface area contributed by atoms with Crippen LogP contribution in [0.15, 0.2) is 0 Å². The Morgan fingerprint density at radius 1 is 1.25 bits per heavy atom. The highest BCUT2D eigenvalue weighted by Gasteiger charge is 2.34. The Labute approximate surface area is 99.6 Å². The summed E-state index contributed by atoms with van der Waals surface area (Å²) in [6.45, 7) is 12.8. The maximum atomic E-state index is 12.0. The fourth-order valence-corrected chi connectivity index (χ4v) is 1.87. The van der Waals surface area contributed by atoms with Gasteiger partial charge in [-0.05, 0) is 17.8 Å². The average molecular weight is 229 g/mol. The lowest BCUT2D eigenvalue weighted by molar-refractivity contribution is -0.131. The third-order valence-electron chi connectivity index (χ3n) is 2.63. The van der Waals surface area contributed by atoms with E-state index >= 15 is 0 Å². The van der Waals surface area contributed by atoms with Crippen molar-refractivity contribution >= 4 is 5.91 Å². The second-order valence-electron chi connectivity index (χ2n) is 6.49. The molecule has 0 aromatic heterocycles. The zero-order valence-electron chi connectivity index (χ0n) is 11.6. The molecule has 0 fully saturated rings. The first-order chi connectivity index (χ1) is 7.10. The van der Waals surface area contributed by atoms with Crippen molar-refractivity contribution in [1.29, 1.82) is 0 Å². The number of hydrogen-bond donors (Lipinski definition) is 2. The van der Waals surface area contributed by atoms with Crippen LogP contribution < -0.4 is 5.32 Å². The van der Waals surface area contributed by atoms with Crippen LogP contribution in [0.5, 0.6) is 0 Å². The largest absolute Gasteiger partial charge is 0.396 e. The summed E-state index contributed by atoms with van der Waals surface area (Å²) < 4.78 is 0. The minimum Gasteiger partial charge on any atom is -0.396 e. The zero-order valence-corrected chi connectivity index (χ0v) is 11.6. The van der Waals surface area contributed by atoms with Gasteiger partial charge in [-0.3, -0.25) is 4.79 Å². The summed E-state index contributed by atoms with van der Waals surface area (Å²) in [5.74, 6) is 0.535. The first-order valence-corrected chi connectivity index (χ1v) is 6.00. The second-order valence-corrected chi connectivity index (χ2v) is 6.49. The molecule has 0 aliphatic carbocycles. The molecule has 0 unspecified atom stereocenters. The summed E-state index contributed by atoms with van der Waals surface area (Å²) in [5.41, 5.74) is -0.639. The van der Waals surface area contributed by atoms with E-state index in [1.807, 2.05) is 27.7 Å². The average Bonchev–Trinajstić information content (AvgIpc) is 2.12. The van der Waals surface area contributed by atoms with Crippen molar-refractivity contribution in [2.75, 3.05) is 13.2 Å². The van der Waals surface area contributed by atoms with E-state index in [2.05, 4.69) is 19.2 Å². The van der Waals surface area contributed by atoms with E-state index in [4.69, 9.17) is 0 Å². The molecule has 3 nitrogen and oxygen atoms in total. The van der Waals surface area contributed by atoms with Gasteiger partial charge in [0.05, 0.1) is 0 Å². The highest BCUT2D eigenvalue weighted by molar-refractivity contribution is 5.81. The van der Waals surface area contributed by atoms with Crippen LogP contribution in [0.25, 0.3) is 0 Å². The van der Waals surface area contributed by atoms with Gasteiger partial charge < -0.3 is 10.4 Å². The minimum absolute atomic E-state index is 0.0720. The predicted molar refractivity (Wildman–Crippen MR) is 67.1 cm³/mol. The number of carbonyl (C=O) groups excluding carboxylic acids is 1. The van der Waals surface area contributed by atoms with Gasteiger partial charge in [-0.25, -0.2) is 0 Å². The molecule has 1 amide bonds. The molecular formula is C13H27NO2. The monoisotopic (exact) mass is 229 g/mol. The molecule has 96 valence electrons. The molecule has 0 aliphatic heterocycles. The van der Waals surface area contributed by atoms with Gasteiger partial charge in [0, 0.05) is 18.6 Å². The number of aliphatic hydroxyl groups excluding tert-OH is 1. The molecule has 0 aromatic rings. The Bertz CT molecular complexity index is 232. The van der Waals surface area contributed by atoms with Crippen LogP contribution in [-0.2, 0) is 4.79 Å². The lowest BCUT2D eigenvalue weighted by Gasteiger charge is -2.32. The first-order valence-electron chi connectivity index (χ1n) is 6.00. The quantitative estimate of drug-likeness (QED) is 0.733. The molecule has 0 radical (unpaired) electrons. The third kappa shape index (κ3) is 5.50. The van der Waals surface area contributed by atoms with Crippen molar-refractivity contribution in [2.24, 2.45) is 16.7 Å². The van der Waals surface area contributed by atoms with E-state index in [1.54, 1.807) is 0 Å². The van der Waals surface area contributed by atoms with Gasteiger partial charge in [-0.1, -0.05) is 41.5 Å². The third-order valence-corrected chi connectivity index (χ3v) is 2.63. The number of nitrogens with one attached hydrogen (secondary N) is 1. The SMILES string of the molecule is CC(C)CNC(=O)C(C)(C)CC(C)(C)CO. The second kappa shape index (κ2) is 5.67. The van der Waals surface area contributed by atoms with Crippen LogP contribution in [0.1, 0.15) is 48.0 Å². The summed E-state index contributed by atoms with van der Waals surface area (Å²) in [7, 11) is 0. The van der Waals surface area contributed by atoms with E-state index < -0.39 is 5.41 Å². The molecule has 0 saturated carbocycles. The van der Waals surface area contributed by atoms with E-state index in [-0.39, 0.29) is 17.9 Å². The molecule has 0 spiro atoms. The van der Waals surface area contributed by atoms with Crippen LogP contribution in [0.3, 0.4) is 0 Å². The Morgan fingerprint density at radius 2 is 1.75 bits per heavy atom. The predicted octanol–water partition coefficient (Wildman–Crippen LogP) is 2.19. The normalized spacial score (nSPS) is 13.0. The van der Waals surface area contributed by atoms with E-state index in [0.29, 0.717) is 18.9 Å². The zero-order chi connectivity index (χ0) is 13.0. The summed E-state index contributed by atoms with van der Waals surface area (Å²) in [4.78, 5) is 12.0. The number of aliphatic hydroxyl groups is 1. The molecular weight excluding hydrogens is 202 g/mol. The minimum atomic E-state index is -0.429. The standard InChI is InChI=1S/C13H27NO2/c1-10(2)7-14-11(16)13(5,6)8-12(3,4)9-15/h10,15H,7-9H2,1-6H3,(H,14,16). The lowest BCUT2D eigenvalue weighted by Crippen LogP contribution is -2.41. The van der Waals surface area contributed by atoms with Gasteiger partial charge in [0.2, 0.25) is 5.91 Å². The van der Waals surface area contributed by atoms with Gasteiger partial charge in [0.15, 0.2) is 0 Å². The number of carbonyl (C=O) groups is 1. The van der Waals surface area contributed by atoms with Crippen molar-refractivity contribution in [3.8, 4) is 0 Å². The maximum absolute atomic E-state index is 12.0. The maximum Gasteiger partial charge on any atom is 0.225 e. The highest BCUT2D eigenvalue weighted by Crippen LogP contribution is 2.33. The van der Waals surface area contributed by atoms with Gasteiger partial charge in [0.1, 0.15) is 0 Å². The van der Waals surface area contributed by atoms with Crippen molar-refractivity contribution in [2.45, 2.75) is 48.0 Å². The summed E-state index contributed by atoms with van der Waals surface area (Å²) >= 11 is 0. The Kier molecular flexibility index (Phi) is 5.47. The fourth-order valence-electron chi connectivity index (χ4n) is 1.87. The van der Waals surface area contributed by atoms with Crippen molar-refractivity contribution in [1.82, 2.24) is 5.32 Å². The molecule has 0 heterocycles. The summed E-state index contributed by atoms with van der Waals surface area (Å²) in [6.07, 6.45) is 0.681. The molecule has 0 aromatic carbocycles. The van der Waals surface area contributed by atoms with Crippen LogP contribution in [0.2, 0.25) is 0 Å². The van der Waals surface area contributed by atoms with Gasteiger partial charge in [-0.15, -0.1) is 0 Å². The van der Waals surface area contributed by atoms with Crippen molar-refractivity contribution < 1.29 is 9.90 Å². The summed E-state index contributed by atoms with van der Waals surface area (Å²) in [6, 6.07) is 0. The van der Waals surface area contributed by atoms with Gasteiger partial charge >= 0.3 is 0 Å². The van der Waals surface area contributed by atoms with E-state index in [0.717, 1.165) is 0 Å².